The van der Waals surface area contributed by atoms with Gasteiger partial charge in [-0.15, -0.1) is 0 Å². The Labute approximate surface area is 273 Å². The van der Waals surface area contributed by atoms with Gasteiger partial charge in [-0.2, -0.15) is 0 Å². The molecule has 15 heteroatoms. The van der Waals surface area contributed by atoms with Crippen LogP contribution < -0.4 is 26.6 Å². The van der Waals surface area contributed by atoms with E-state index in [1.54, 1.807) is 33.9 Å². The summed E-state index contributed by atoms with van der Waals surface area (Å²) in [6, 6.07) is 2.94. The molecule has 0 radical (unpaired) electrons. The van der Waals surface area contributed by atoms with Crippen LogP contribution >= 0.6 is 0 Å². The number of amides is 5. The largest absolute Gasteiger partial charge is 0.469 e. The minimum absolute atomic E-state index is 0.318. The second kappa shape index (κ2) is 17.2. The molecule has 15 nitrogen and oxygen atoms in total. The van der Waals surface area contributed by atoms with Crippen molar-refractivity contribution >= 4 is 52.2 Å². The van der Waals surface area contributed by atoms with Crippen molar-refractivity contribution in [3.05, 3.63) is 36.0 Å². The van der Waals surface area contributed by atoms with Crippen LogP contribution in [0.3, 0.4) is 0 Å². The van der Waals surface area contributed by atoms with Crippen LogP contribution in [0.1, 0.15) is 59.9 Å². The Balaban J connectivity index is 2.29. The third-order valence-electron chi connectivity index (χ3n) is 6.99. The van der Waals surface area contributed by atoms with Crippen molar-refractivity contribution in [1.82, 2.24) is 31.6 Å². The van der Waals surface area contributed by atoms with E-state index < -0.39 is 84.0 Å². The molecule has 2 aromatic rings. The average molecular weight is 659 g/mol. The summed E-state index contributed by atoms with van der Waals surface area (Å²) in [5.41, 5.74) is 1.12. The average Bonchev–Trinajstić information content (AvgIpc) is 3.38. The minimum atomic E-state index is -1.63. The number of ether oxygens (including phenoxy) is 1. The van der Waals surface area contributed by atoms with Gasteiger partial charge in [-0.3, -0.25) is 33.6 Å². The molecule has 5 atom stereocenters. The van der Waals surface area contributed by atoms with Crippen LogP contribution in [-0.2, 0) is 44.7 Å². The number of ketones is 1. The number of fused-ring (bicyclic) bond motifs is 1. The van der Waals surface area contributed by atoms with E-state index >= 15 is 0 Å². The summed E-state index contributed by atoms with van der Waals surface area (Å²) >= 11 is 0. The first-order valence-corrected chi connectivity index (χ1v) is 15.2. The summed E-state index contributed by atoms with van der Waals surface area (Å²) in [5, 5.41) is 23.3. The lowest BCUT2D eigenvalue weighted by atomic mass is 9.99. The number of aliphatic hydroxyl groups excluding tert-OH is 1. The first kappa shape index (κ1) is 38.4. The van der Waals surface area contributed by atoms with E-state index in [1.807, 2.05) is 24.3 Å². The van der Waals surface area contributed by atoms with Crippen LogP contribution in [0.4, 0.5) is 0 Å². The van der Waals surface area contributed by atoms with Gasteiger partial charge < -0.3 is 41.4 Å². The number of aliphatic hydroxyl groups is 1. The van der Waals surface area contributed by atoms with Gasteiger partial charge in [0, 0.05) is 28.6 Å². The summed E-state index contributed by atoms with van der Waals surface area (Å²) < 4.78 is 4.66. The summed E-state index contributed by atoms with van der Waals surface area (Å²) in [6.07, 6.45) is -0.483. The van der Waals surface area contributed by atoms with Crippen molar-refractivity contribution in [3.63, 3.8) is 0 Å². The summed E-state index contributed by atoms with van der Waals surface area (Å²) in [7, 11) is 1.07. The van der Waals surface area contributed by atoms with Gasteiger partial charge in [0.2, 0.25) is 29.5 Å². The second-order valence-corrected chi connectivity index (χ2v) is 12.5. The molecule has 258 valence electrons. The number of benzene rings is 1. The standard InChI is InChI=1S/C32H46N6O9/c1-17(12-20-16-33-22-11-9-8-10-21(20)22)28(43)35-23(13-25(41)38-32(4,5)6)29(44)36-24(14-26(42)47-7)30(45)37-27(19(3)40)31(46)34-15-18(2)39/h8-11,16-17,19,23-24,27,33,40H,12-15H2,1-7H3,(H,34,46)(H,35,43)(H,36,44)(H,37,45)(H,38,41). The quantitative estimate of drug-likeness (QED) is 0.118. The summed E-state index contributed by atoms with van der Waals surface area (Å²) in [6.45, 7) is 9.00. The lowest BCUT2D eigenvalue weighted by molar-refractivity contribution is -0.144. The first-order chi connectivity index (χ1) is 21.9. The molecule has 5 amide bonds. The molecule has 0 saturated heterocycles. The predicted molar refractivity (Wildman–Crippen MR) is 171 cm³/mol. The van der Waals surface area contributed by atoms with Crippen LogP contribution in [0.15, 0.2) is 30.5 Å². The lowest BCUT2D eigenvalue weighted by Gasteiger charge is -2.27. The number of methoxy groups -OCH3 is 1. The number of esters is 1. The molecule has 1 aromatic carbocycles. The van der Waals surface area contributed by atoms with Crippen molar-refractivity contribution < 1.29 is 43.4 Å². The van der Waals surface area contributed by atoms with E-state index in [-0.39, 0.29) is 12.3 Å². The van der Waals surface area contributed by atoms with Crippen LogP contribution in [0.5, 0.6) is 0 Å². The number of rotatable bonds is 16. The Bertz CT molecular complexity index is 1460. The second-order valence-electron chi connectivity index (χ2n) is 12.5. The predicted octanol–water partition coefficient (Wildman–Crippen LogP) is -0.245. The number of para-hydroxylation sites is 1. The number of hydrogen-bond acceptors (Lipinski definition) is 9. The Hall–Kier alpha value is -4.79. The fraction of sp³-hybridized carbons (Fsp3) is 0.531. The van der Waals surface area contributed by atoms with Gasteiger partial charge >= 0.3 is 5.97 Å². The SMILES string of the molecule is COC(=O)CC(NC(=O)C(CC(=O)NC(C)(C)C)NC(=O)C(C)Cc1c[nH]c2ccccc12)C(=O)NC(C(=O)NCC(C)=O)C(C)O. The first-order valence-electron chi connectivity index (χ1n) is 15.2. The molecule has 0 bridgehead atoms. The van der Waals surface area contributed by atoms with Gasteiger partial charge in [-0.05, 0) is 52.7 Å². The lowest BCUT2D eigenvalue weighted by Crippen LogP contribution is -2.60. The molecular formula is C32H46N6O9. The summed E-state index contributed by atoms with van der Waals surface area (Å²) in [5.74, 6) is -5.87. The van der Waals surface area contributed by atoms with E-state index in [1.165, 1.54) is 13.8 Å². The number of carbonyl (C=O) groups is 7. The molecule has 5 unspecified atom stereocenters. The van der Waals surface area contributed by atoms with Gasteiger partial charge in [0.25, 0.3) is 0 Å². The normalized spacial score (nSPS) is 14.5. The van der Waals surface area contributed by atoms with Crippen LogP contribution in [0.25, 0.3) is 10.9 Å². The monoisotopic (exact) mass is 658 g/mol. The summed E-state index contributed by atoms with van der Waals surface area (Å²) in [4.78, 5) is 92.3. The van der Waals surface area contributed by atoms with Crippen LogP contribution in [-0.4, -0.2) is 94.8 Å². The van der Waals surface area contributed by atoms with Crippen molar-refractivity contribution in [3.8, 4) is 0 Å². The minimum Gasteiger partial charge on any atom is -0.469 e. The zero-order valence-corrected chi connectivity index (χ0v) is 27.8. The van der Waals surface area contributed by atoms with E-state index in [0.29, 0.717) is 6.42 Å². The van der Waals surface area contributed by atoms with Crippen molar-refractivity contribution in [1.29, 1.82) is 0 Å². The van der Waals surface area contributed by atoms with Gasteiger partial charge in [0.05, 0.1) is 32.6 Å². The van der Waals surface area contributed by atoms with Crippen molar-refractivity contribution in [2.75, 3.05) is 13.7 Å². The number of Topliss-reactive ketones (excluding diaryl/α,β-unsaturated/α-hetero) is 1. The highest BCUT2D eigenvalue weighted by Gasteiger charge is 2.34. The van der Waals surface area contributed by atoms with Crippen molar-refractivity contribution in [2.45, 2.75) is 90.6 Å². The van der Waals surface area contributed by atoms with E-state index in [2.05, 4.69) is 36.3 Å². The molecule has 2 rings (SSSR count). The fourth-order valence-corrected chi connectivity index (χ4v) is 4.61. The fourth-order valence-electron chi connectivity index (χ4n) is 4.61. The van der Waals surface area contributed by atoms with E-state index in [0.717, 1.165) is 23.6 Å². The van der Waals surface area contributed by atoms with E-state index in [4.69, 9.17) is 0 Å². The van der Waals surface area contributed by atoms with Crippen LogP contribution in [0.2, 0.25) is 0 Å². The third kappa shape index (κ3) is 12.5. The molecule has 47 heavy (non-hydrogen) atoms. The zero-order chi connectivity index (χ0) is 35.5. The Morgan fingerprint density at radius 2 is 1.47 bits per heavy atom. The molecule has 1 aromatic heterocycles. The number of aromatic amines is 1. The highest BCUT2D eigenvalue weighted by atomic mass is 16.5. The molecule has 0 spiro atoms. The molecule has 0 saturated carbocycles. The van der Waals surface area contributed by atoms with Crippen LogP contribution in [0, 0.1) is 5.92 Å². The smallest absolute Gasteiger partial charge is 0.308 e. The number of H-pyrrole nitrogens is 1. The molecule has 0 aliphatic carbocycles. The van der Waals surface area contributed by atoms with Crippen molar-refractivity contribution in [2.24, 2.45) is 5.92 Å². The molecular weight excluding hydrogens is 612 g/mol. The maximum absolute atomic E-state index is 13.6. The molecule has 0 aliphatic heterocycles. The Morgan fingerprint density at radius 3 is 2.06 bits per heavy atom. The van der Waals surface area contributed by atoms with Gasteiger partial charge in [0.15, 0.2) is 0 Å². The Kier molecular flexibility index (Phi) is 14.1. The molecule has 1 heterocycles. The third-order valence-corrected chi connectivity index (χ3v) is 6.99. The number of aromatic nitrogens is 1. The number of nitrogens with one attached hydrogen (secondary N) is 6. The maximum Gasteiger partial charge on any atom is 0.308 e. The highest BCUT2D eigenvalue weighted by Crippen LogP contribution is 2.21. The topological polar surface area (TPSA) is 225 Å². The number of carbonyl (C=O) groups excluding carboxylic acids is 7. The van der Waals surface area contributed by atoms with Gasteiger partial charge in [-0.1, -0.05) is 25.1 Å². The maximum atomic E-state index is 13.6. The Morgan fingerprint density at radius 1 is 0.872 bits per heavy atom. The van der Waals surface area contributed by atoms with Gasteiger partial charge in [0.1, 0.15) is 23.9 Å². The zero-order valence-electron chi connectivity index (χ0n) is 27.8. The molecule has 7 N–H and O–H groups in total. The molecule has 0 aliphatic rings. The molecule has 0 fully saturated rings. The highest BCUT2D eigenvalue weighted by molar-refractivity contribution is 5.98. The van der Waals surface area contributed by atoms with Gasteiger partial charge in [-0.25, -0.2) is 0 Å². The van der Waals surface area contributed by atoms with E-state index in [9.17, 15) is 38.7 Å². The number of hydrogen-bond donors (Lipinski definition) is 7.